The second-order valence-corrected chi connectivity index (χ2v) is 9.77. The lowest BCUT2D eigenvalue weighted by molar-refractivity contribution is -0.179. The monoisotopic (exact) mass is 442 g/mol. The topological polar surface area (TPSA) is 90.8 Å². The largest absolute Gasteiger partial charge is 0.388 e. The smallest absolute Gasteiger partial charge is 0.220 e. The minimum atomic E-state index is -1.01. The number of rotatable bonds is 17. The van der Waals surface area contributed by atoms with Gasteiger partial charge in [0.15, 0.2) is 0 Å². The highest BCUT2D eigenvalue weighted by atomic mass is 16.5. The molecule has 0 aliphatic carbocycles. The molecular weight excluding hydrogens is 392 g/mol. The van der Waals surface area contributed by atoms with Crippen molar-refractivity contribution in [1.29, 1.82) is 0 Å². The molecule has 184 valence electrons. The Morgan fingerprint density at radius 3 is 2.29 bits per heavy atom. The van der Waals surface area contributed by atoms with Crippen molar-refractivity contribution in [2.24, 2.45) is 5.92 Å². The van der Waals surface area contributed by atoms with Gasteiger partial charge < -0.3 is 25.6 Å². The fourth-order valence-electron chi connectivity index (χ4n) is 4.25. The minimum absolute atomic E-state index is 0.0739. The van der Waals surface area contributed by atoms with Crippen LogP contribution < -0.4 is 10.6 Å². The molecule has 6 heteroatoms. The maximum absolute atomic E-state index is 12.3. The van der Waals surface area contributed by atoms with Crippen LogP contribution >= 0.6 is 0 Å². The van der Waals surface area contributed by atoms with E-state index in [0.29, 0.717) is 13.0 Å². The molecule has 31 heavy (non-hydrogen) atoms. The SMILES string of the molecule is CCCCCCCCNCC1O[C@@H](C)C(NC(=O)CCCCCCC(C)C)C(O)[C@@H]1O. The molecule has 0 aromatic carbocycles. The van der Waals surface area contributed by atoms with Crippen molar-refractivity contribution in [1.82, 2.24) is 10.6 Å². The van der Waals surface area contributed by atoms with Gasteiger partial charge in [-0.3, -0.25) is 4.79 Å². The van der Waals surface area contributed by atoms with E-state index in [-0.39, 0.29) is 12.0 Å². The van der Waals surface area contributed by atoms with E-state index in [2.05, 4.69) is 31.4 Å². The molecule has 1 saturated heterocycles. The highest BCUT2D eigenvalue weighted by Crippen LogP contribution is 2.21. The summed E-state index contributed by atoms with van der Waals surface area (Å²) in [5, 5.41) is 27.3. The lowest BCUT2D eigenvalue weighted by Gasteiger charge is -2.42. The number of hydrogen-bond donors (Lipinski definition) is 4. The van der Waals surface area contributed by atoms with E-state index in [0.717, 1.165) is 38.1 Å². The maximum Gasteiger partial charge on any atom is 0.220 e. The number of hydrogen-bond acceptors (Lipinski definition) is 5. The fraction of sp³-hybridized carbons (Fsp3) is 0.960. The molecule has 1 aliphatic heterocycles. The quantitative estimate of drug-likeness (QED) is 0.256. The normalized spacial score (nSPS) is 26.4. The first-order valence-electron chi connectivity index (χ1n) is 12.9. The Labute approximate surface area is 190 Å². The molecule has 0 aromatic rings. The van der Waals surface area contributed by atoms with Crippen LogP contribution in [0.4, 0.5) is 0 Å². The van der Waals surface area contributed by atoms with Gasteiger partial charge in [-0.15, -0.1) is 0 Å². The van der Waals surface area contributed by atoms with Crippen LogP contribution in [0.25, 0.3) is 0 Å². The number of unbranched alkanes of at least 4 members (excludes halogenated alkanes) is 8. The summed E-state index contributed by atoms with van der Waals surface area (Å²) in [5.74, 6) is 0.661. The summed E-state index contributed by atoms with van der Waals surface area (Å²) < 4.78 is 5.93. The third kappa shape index (κ3) is 12.2. The van der Waals surface area contributed by atoms with Crippen LogP contribution in [-0.4, -0.2) is 59.7 Å². The van der Waals surface area contributed by atoms with Crippen LogP contribution in [-0.2, 0) is 9.53 Å². The number of aliphatic hydroxyl groups excluding tert-OH is 2. The molecule has 6 nitrogen and oxygen atoms in total. The first-order valence-corrected chi connectivity index (χ1v) is 12.9. The van der Waals surface area contributed by atoms with E-state index in [1.54, 1.807) is 0 Å². The maximum atomic E-state index is 12.3. The van der Waals surface area contributed by atoms with Crippen LogP contribution in [0.1, 0.15) is 105 Å². The number of amides is 1. The van der Waals surface area contributed by atoms with E-state index < -0.39 is 24.4 Å². The molecule has 1 fully saturated rings. The lowest BCUT2D eigenvalue weighted by Crippen LogP contribution is -2.64. The van der Waals surface area contributed by atoms with Crippen molar-refractivity contribution in [3.8, 4) is 0 Å². The van der Waals surface area contributed by atoms with Crippen LogP contribution in [0.2, 0.25) is 0 Å². The van der Waals surface area contributed by atoms with Crippen LogP contribution in [0, 0.1) is 5.92 Å². The molecule has 1 rings (SSSR count). The van der Waals surface area contributed by atoms with Gasteiger partial charge in [-0.2, -0.15) is 0 Å². The van der Waals surface area contributed by atoms with Crippen molar-refractivity contribution in [3.05, 3.63) is 0 Å². The first kappa shape index (κ1) is 28.3. The molecule has 0 bridgehead atoms. The third-order valence-electron chi connectivity index (χ3n) is 6.31. The van der Waals surface area contributed by atoms with Crippen molar-refractivity contribution < 1.29 is 19.7 Å². The van der Waals surface area contributed by atoms with Gasteiger partial charge >= 0.3 is 0 Å². The minimum Gasteiger partial charge on any atom is -0.388 e. The molecule has 1 amide bonds. The molecular formula is C25H50N2O4. The summed E-state index contributed by atoms with van der Waals surface area (Å²) in [6.07, 6.45) is 10.6. The molecule has 1 heterocycles. The van der Waals surface area contributed by atoms with Crippen LogP contribution in [0.15, 0.2) is 0 Å². The van der Waals surface area contributed by atoms with E-state index >= 15 is 0 Å². The number of ether oxygens (including phenoxy) is 1. The summed E-state index contributed by atoms with van der Waals surface area (Å²) in [5.41, 5.74) is 0. The Morgan fingerprint density at radius 2 is 1.58 bits per heavy atom. The molecule has 3 unspecified atom stereocenters. The molecule has 1 aliphatic rings. The Hall–Kier alpha value is -0.690. The Kier molecular flexibility index (Phi) is 15.4. The second kappa shape index (κ2) is 16.9. The highest BCUT2D eigenvalue weighted by molar-refractivity contribution is 5.76. The van der Waals surface area contributed by atoms with E-state index in [1.165, 1.54) is 44.9 Å². The van der Waals surface area contributed by atoms with Gasteiger partial charge in [-0.05, 0) is 32.2 Å². The summed E-state index contributed by atoms with van der Waals surface area (Å²) in [4.78, 5) is 12.3. The van der Waals surface area contributed by atoms with Gasteiger partial charge in [0.2, 0.25) is 5.91 Å². The molecule has 0 radical (unpaired) electrons. The zero-order valence-corrected chi connectivity index (χ0v) is 20.6. The zero-order chi connectivity index (χ0) is 23.1. The van der Waals surface area contributed by atoms with Gasteiger partial charge in [0, 0.05) is 13.0 Å². The van der Waals surface area contributed by atoms with Crippen LogP contribution in [0.5, 0.6) is 0 Å². The van der Waals surface area contributed by atoms with Gasteiger partial charge in [0.25, 0.3) is 0 Å². The third-order valence-corrected chi connectivity index (χ3v) is 6.31. The molecule has 4 N–H and O–H groups in total. The Morgan fingerprint density at radius 1 is 0.935 bits per heavy atom. The number of carbonyl (C=O) groups excluding carboxylic acids is 1. The van der Waals surface area contributed by atoms with Crippen molar-refractivity contribution in [2.75, 3.05) is 13.1 Å². The number of aliphatic hydroxyl groups is 2. The van der Waals surface area contributed by atoms with Gasteiger partial charge in [-0.25, -0.2) is 0 Å². The highest BCUT2D eigenvalue weighted by Gasteiger charge is 2.42. The average Bonchev–Trinajstić information content (AvgIpc) is 2.73. The van der Waals surface area contributed by atoms with E-state index in [4.69, 9.17) is 4.74 Å². The van der Waals surface area contributed by atoms with E-state index in [1.807, 2.05) is 6.92 Å². The van der Waals surface area contributed by atoms with Gasteiger partial charge in [0.1, 0.15) is 12.2 Å². The zero-order valence-electron chi connectivity index (χ0n) is 20.6. The van der Waals surface area contributed by atoms with Crippen LogP contribution in [0.3, 0.4) is 0 Å². The lowest BCUT2D eigenvalue weighted by atomic mass is 9.93. The van der Waals surface area contributed by atoms with Gasteiger partial charge in [0.05, 0.1) is 18.2 Å². The van der Waals surface area contributed by atoms with Gasteiger partial charge in [-0.1, -0.05) is 78.6 Å². The summed E-state index contributed by atoms with van der Waals surface area (Å²) in [7, 11) is 0. The Balaban J connectivity index is 2.23. The first-order chi connectivity index (χ1) is 14.9. The molecule has 0 spiro atoms. The fourth-order valence-corrected chi connectivity index (χ4v) is 4.25. The van der Waals surface area contributed by atoms with E-state index in [9.17, 15) is 15.0 Å². The molecule has 0 aromatic heterocycles. The average molecular weight is 443 g/mol. The molecule has 5 atom stereocenters. The second-order valence-electron chi connectivity index (χ2n) is 9.77. The molecule has 0 saturated carbocycles. The number of carbonyl (C=O) groups is 1. The summed E-state index contributed by atoms with van der Waals surface area (Å²) >= 11 is 0. The summed E-state index contributed by atoms with van der Waals surface area (Å²) in [6.45, 7) is 9.94. The predicted octanol–water partition coefficient (Wildman–Crippen LogP) is 3.93. The van der Waals surface area contributed by atoms with Crippen molar-refractivity contribution in [3.63, 3.8) is 0 Å². The van der Waals surface area contributed by atoms with Crippen molar-refractivity contribution >= 4 is 5.91 Å². The standard InChI is InChI=1S/C25H50N2O4/c1-5-6-7-8-11-14-17-26-18-21-24(29)25(30)23(20(4)31-21)27-22(28)16-13-10-9-12-15-19(2)3/h19-21,23-26,29-30H,5-18H2,1-4H3,(H,27,28)/t20-,21?,23?,24+,25?/m0/s1. The van der Waals surface area contributed by atoms with Crippen molar-refractivity contribution in [2.45, 2.75) is 135 Å². The Bertz CT molecular complexity index is 461. The predicted molar refractivity (Wildman–Crippen MR) is 127 cm³/mol. The summed E-state index contributed by atoms with van der Waals surface area (Å²) in [6, 6.07) is -0.571. The number of nitrogens with one attached hydrogen (secondary N) is 2.